The van der Waals surface area contributed by atoms with Crippen LogP contribution in [0.2, 0.25) is 5.02 Å². The number of carbonyl (C=O) groups is 2. The van der Waals surface area contributed by atoms with Gasteiger partial charge in [-0.15, -0.1) is 22.7 Å². The summed E-state index contributed by atoms with van der Waals surface area (Å²) in [5.74, 6) is -0.759. The number of fused-ring (bicyclic) bond motifs is 1. The first-order valence-electron chi connectivity index (χ1n) is 6.68. The highest BCUT2D eigenvalue weighted by Gasteiger charge is 2.18. The van der Waals surface area contributed by atoms with E-state index in [0.717, 1.165) is 10.1 Å². The Hall–Kier alpha value is -2.00. The Morgan fingerprint density at radius 1 is 1.04 bits per heavy atom. The van der Waals surface area contributed by atoms with E-state index >= 15 is 0 Å². The van der Waals surface area contributed by atoms with E-state index in [0.29, 0.717) is 14.8 Å². The molecule has 0 spiro atoms. The molecular formula is C15H10ClN3O2S3. The smallest absolute Gasteiger partial charge is 0.279 e. The molecule has 0 unspecified atom stereocenters. The Morgan fingerprint density at radius 3 is 2.54 bits per heavy atom. The number of carbonyl (C=O) groups excluding carboxylic acids is 2. The largest absolute Gasteiger partial charge is 0.297 e. The quantitative estimate of drug-likeness (QED) is 0.458. The molecule has 9 heteroatoms. The van der Waals surface area contributed by atoms with Crippen LogP contribution in [0.5, 0.6) is 0 Å². The first-order chi connectivity index (χ1) is 11.6. The maximum absolute atomic E-state index is 12.3. The lowest BCUT2D eigenvalue weighted by Gasteiger charge is -2.09. The Bertz CT molecular complexity index is 921. The van der Waals surface area contributed by atoms with Gasteiger partial charge in [0.05, 0.1) is 9.90 Å². The van der Waals surface area contributed by atoms with Crippen molar-refractivity contribution in [3.05, 3.63) is 56.6 Å². The number of halogens is 1. The fourth-order valence-corrected chi connectivity index (χ4v) is 4.11. The molecule has 0 aliphatic carbocycles. The second-order valence-electron chi connectivity index (χ2n) is 4.58. The van der Waals surface area contributed by atoms with Gasteiger partial charge in [-0.1, -0.05) is 35.9 Å². The van der Waals surface area contributed by atoms with Gasteiger partial charge in [0.15, 0.2) is 5.11 Å². The Balaban J connectivity index is 1.62. The molecule has 122 valence electrons. The van der Waals surface area contributed by atoms with Gasteiger partial charge in [0.2, 0.25) is 0 Å². The van der Waals surface area contributed by atoms with Crippen molar-refractivity contribution in [2.45, 2.75) is 0 Å². The molecule has 2 heterocycles. The Labute approximate surface area is 155 Å². The summed E-state index contributed by atoms with van der Waals surface area (Å²) >= 11 is 13.8. The van der Waals surface area contributed by atoms with E-state index in [-0.39, 0.29) is 11.0 Å². The fraction of sp³-hybridized carbons (Fsp3) is 0. The van der Waals surface area contributed by atoms with Crippen molar-refractivity contribution in [3.8, 4) is 0 Å². The molecule has 3 N–H and O–H groups in total. The molecule has 0 saturated carbocycles. The van der Waals surface area contributed by atoms with Gasteiger partial charge in [0.25, 0.3) is 11.8 Å². The van der Waals surface area contributed by atoms with Crippen molar-refractivity contribution in [3.63, 3.8) is 0 Å². The summed E-state index contributed by atoms with van der Waals surface area (Å²) < 4.78 is 0.914. The molecule has 0 aliphatic heterocycles. The van der Waals surface area contributed by atoms with Gasteiger partial charge in [0.1, 0.15) is 4.88 Å². The molecule has 0 fully saturated rings. The molecule has 0 radical (unpaired) electrons. The molecule has 0 aliphatic rings. The molecule has 0 atom stereocenters. The highest BCUT2D eigenvalue weighted by molar-refractivity contribution is 7.80. The minimum Gasteiger partial charge on any atom is -0.297 e. The number of thiophene rings is 2. The zero-order chi connectivity index (χ0) is 17.1. The number of rotatable bonds is 2. The number of hydrogen-bond donors (Lipinski definition) is 3. The van der Waals surface area contributed by atoms with Gasteiger partial charge in [0, 0.05) is 10.1 Å². The summed E-state index contributed by atoms with van der Waals surface area (Å²) in [7, 11) is 0. The van der Waals surface area contributed by atoms with E-state index in [9.17, 15) is 9.59 Å². The molecule has 24 heavy (non-hydrogen) atoms. The minimum absolute atomic E-state index is 0.0153. The third-order valence-corrected chi connectivity index (χ3v) is 5.75. The van der Waals surface area contributed by atoms with E-state index in [1.165, 1.54) is 22.7 Å². The van der Waals surface area contributed by atoms with Gasteiger partial charge < -0.3 is 0 Å². The van der Waals surface area contributed by atoms with Gasteiger partial charge in [-0.25, -0.2) is 0 Å². The third-order valence-electron chi connectivity index (χ3n) is 3.00. The standard InChI is InChI=1S/C15H10ClN3O2S3/c16-11-8-4-1-2-5-9(8)24-12(11)14(21)17-15(22)19-18-13(20)10-6-3-7-23-10/h1-7H,(H,18,20)(H2,17,19,21,22). The van der Waals surface area contributed by atoms with Crippen LogP contribution < -0.4 is 16.2 Å². The molecule has 3 rings (SSSR count). The number of benzene rings is 1. The summed E-state index contributed by atoms with van der Waals surface area (Å²) in [4.78, 5) is 25.0. The molecule has 0 saturated heterocycles. The average molecular weight is 396 g/mol. The van der Waals surface area contributed by atoms with Crippen molar-refractivity contribution in [2.24, 2.45) is 0 Å². The van der Waals surface area contributed by atoms with Crippen molar-refractivity contribution in [1.82, 2.24) is 16.2 Å². The monoisotopic (exact) mass is 395 g/mol. The molecule has 1 aromatic carbocycles. The summed E-state index contributed by atoms with van der Waals surface area (Å²) in [6.45, 7) is 0. The third kappa shape index (κ3) is 3.57. The van der Waals surface area contributed by atoms with Gasteiger partial charge in [-0.2, -0.15) is 0 Å². The van der Waals surface area contributed by atoms with Crippen LogP contribution >= 0.6 is 46.5 Å². The Morgan fingerprint density at radius 2 is 1.83 bits per heavy atom. The number of amides is 2. The van der Waals surface area contributed by atoms with E-state index < -0.39 is 5.91 Å². The van der Waals surface area contributed by atoms with Crippen LogP contribution in [0.4, 0.5) is 0 Å². The highest BCUT2D eigenvalue weighted by Crippen LogP contribution is 2.34. The first kappa shape index (κ1) is 16.8. The van der Waals surface area contributed by atoms with Crippen LogP contribution in [0, 0.1) is 0 Å². The molecule has 2 aromatic heterocycles. The van der Waals surface area contributed by atoms with Crippen molar-refractivity contribution in [2.75, 3.05) is 0 Å². The average Bonchev–Trinajstić information content (AvgIpc) is 3.21. The summed E-state index contributed by atoms with van der Waals surface area (Å²) in [6.07, 6.45) is 0. The lowest BCUT2D eigenvalue weighted by molar-refractivity contribution is 0.0938. The number of thiocarbonyl (C=S) groups is 1. The van der Waals surface area contributed by atoms with Gasteiger partial charge in [-0.3, -0.25) is 25.8 Å². The predicted octanol–water partition coefficient (Wildman–Crippen LogP) is 3.57. The van der Waals surface area contributed by atoms with E-state index in [1.54, 1.807) is 17.5 Å². The van der Waals surface area contributed by atoms with Crippen LogP contribution in [0.1, 0.15) is 19.3 Å². The Kier molecular flexibility index (Phi) is 5.10. The zero-order valence-corrected chi connectivity index (χ0v) is 15.2. The number of hydrogen-bond acceptors (Lipinski definition) is 5. The van der Waals surface area contributed by atoms with Crippen LogP contribution in [0.25, 0.3) is 10.1 Å². The van der Waals surface area contributed by atoms with Crippen LogP contribution in [0.3, 0.4) is 0 Å². The minimum atomic E-state index is -0.427. The van der Waals surface area contributed by atoms with Gasteiger partial charge in [-0.05, 0) is 29.7 Å². The van der Waals surface area contributed by atoms with Crippen LogP contribution in [-0.2, 0) is 0 Å². The highest BCUT2D eigenvalue weighted by atomic mass is 35.5. The lowest BCUT2D eigenvalue weighted by atomic mass is 10.2. The first-order valence-corrected chi connectivity index (χ1v) is 9.16. The van der Waals surface area contributed by atoms with Crippen LogP contribution in [0.15, 0.2) is 41.8 Å². The molecule has 2 amide bonds. The normalized spacial score (nSPS) is 10.4. The summed E-state index contributed by atoms with van der Waals surface area (Å²) in [5.41, 5.74) is 4.91. The molecular weight excluding hydrogens is 386 g/mol. The van der Waals surface area contributed by atoms with E-state index in [2.05, 4.69) is 16.2 Å². The number of nitrogens with one attached hydrogen (secondary N) is 3. The van der Waals surface area contributed by atoms with E-state index in [4.69, 9.17) is 23.8 Å². The molecule has 3 aromatic rings. The maximum Gasteiger partial charge on any atom is 0.279 e. The number of hydrazine groups is 1. The summed E-state index contributed by atoms with van der Waals surface area (Å²) in [6, 6.07) is 10.9. The molecule has 0 bridgehead atoms. The van der Waals surface area contributed by atoms with Crippen molar-refractivity contribution in [1.29, 1.82) is 0 Å². The second kappa shape index (κ2) is 7.27. The van der Waals surface area contributed by atoms with Gasteiger partial charge >= 0.3 is 0 Å². The second-order valence-corrected chi connectivity index (χ2v) is 7.37. The predicted molar refractivity (Wildman–Crippen MR) is 102 cm³/mol. The summed E-state index contributed by atoms with van der Waals surface area (Å²) in [5, 5.41) is 5.48. The van der Waals surface area contributed by atoms with Crippen molar-refractivity contribution < 1.29 is 9.59 Å². The van der Waals surface area contributed by atoms with Crippen molar-refractivity contribution >= 4 is 73.5 Å². The molecule has 5 nitrogen and oxygen atoms in total. The topological polar surface area (TPSA) is 70.2 Å². The SMILES string of the molecule is O=C(NNC(=S)NC(=O)c1sc2ccccc2c1Cl)c1cccs1. The fourth-order valence-electron chi connectivity index (χ4n) is 1.93. The maximum atomic E-state index is 12.3. The zero-order valence-electron chi connectivity index (χ0n) is 12.0. The lowest BCUT2D eigenvalue weighted by Crippen LogP contribution is -2.48. The van der Waals surface area contributed by atoms with Crippen LogP contribution in [-0.4, -0.2) is 16.9 Å². The van der Waals surface area contributed by atoms with E-state index in [1.807, 2.05) is 24.3 Å².